The summed E-state index contributed by atoms with van der Waals surface area (Å²) >= 11 is 0. The van der Waals surface area contributed by atoms with Crippen molar-refractivity contribution in [2.24, 2.45) is 0 Å². The van der Waals surface area contributed by atoms with Crippen molar-refractivity contribution in [3.63, 3.8) is 0 Å². The number of hydrogen-bond acceptors (Lipinski definition) is 4. The first-order valence-electron chi connectivity index (χ1n) is 8.75. The summed E-state index contributed by atoms with van der Waals surface area (Å²) in [7, 11) is 0. The zero-order chi connectivity index (χ0) is 22.2. The van der Waals surface area contributed by atoms with Gasteiger partial charge >= 0.3 is 0 Å². The van der Waals surface area contributed by atoms with Gasteiger partial charge in [0.1, 0.15) is 0 Å². The predicted octanol–water partition coefficient (Wildman–Crippen LogP) is 2.55. The van der Waals surface area contributed by atoms with Crippen molar-refractivity contribution < 1.29 is 37.4 Å². The van der Waals surface area contributed by atoms with Gasteiger partial charge in [-0.1, -0.05) is 0 Å². The van der Waals surface area contributed by atoms with Gasteiger partial charge in [0.15, 0.2) is 29.0 Å². The number of benzene rings is 2. The van der Waals surface area contributed by atoms with Crippen molar-refractivity contribution in [3.05, 3.63) is 64.4 Å². The molecule has 6 nitrogen and oxygen atoms in total. The number of halogens is 4. The number of aliphatic hydroxyl groups excluding tert-OH is 1. The first-order valence-corrected chi connectivity index (χ1v) is 8.75. The van der Waals surface area contributed by atoms with Gasteiger partial charge in [-0.15, -0.1) is 0 Å². The topological polar surface area (TPSA) is 91.6 Å². The number of aromatic nitrogens is 1. The Balaban J connectivity index is 2.23. The summed E-state index contributed by atoms with van der Waals surface area (Å²) in [4.78, 5) is 25.1. The van der Waals surface area contributed by atoms with E-state index in [9.17, 15) is 32.3 Å². The second-order valence-electron chi connectivity index (χ2n) is 6.50. The molecule has 0 atom stereocenters. The number of amides is 1. The highest BCUT2D eigenvalue weighted by molar-refractivity contribution is 6.05. The monoisotopic (exact) mass is 424 g/mol. The Bertz CT molecular complexity index is 1170. The third-order valence-electron chi connectivity index (χ3n) is 4.63. The van der Waals surface area contributed by atoms with Crippen LogP contribution in [0, 0.1) is 30.2 Å². The molecular weight excluding hydrogens is 408 g/mol. The van der Waals surface area contributed by atoms with E-state index >= 15 is 0 Å². The molecule has 3 aromatic rings. The SMILES string of the molecule is Cc1c(CC(=O)NCCO)c2c(F)c(O)c(F)cc2n1C(=O)c1ccc(F)c(F)c1. The second-order valence-corrected chi connectivity index (χ2v) is 6.50. The normalized spacial score (nSPS) is 11.1. The molecule has 0 aliphatic carbocycles. The fourth-order valence-corrected chi connectivity index (χ4v) is 3.21. The Kier molecular flexibility index (Phi) is 5.79. The van der Waals surface area contributed by atoms with Gasteiger partial charge in [0.2, 0.25) is 5.91 Å². The second kappa shape index (κ2) is 8.15. The molecular formula is C20H16F4N2O4. The van der Waals surface area contributed by atoms with Gasteiger partial charge < -0.3 is 15.5 Å². The smallest absolute Gasteiger partial charge is 0.262 e. The molecule has 30 heavy (non-hydrogen) atoms. The maximum Gasteiger partial charge on any atom is 0.262 e. The number of phenolic OH excluding ortho intramolecular Hbond substituents is 1. The van der Waals surface area contributed by atoms with Crippen molar-refractivity contribution in [2.45, 2.75) is 13.3 Å². The van der Waals surface area contributed by atoms with Gasteiger partial charge in [-0.25, -0.2) is 17.6 Å². The van der Waals surface area contributed by atoms with Crippen molar-refractivity contribution in [3.8, 4) is 5.75 Å². The molecule has 158 valence electrons. The highest BCUT2D eigenvalue weighted by atomic mass is 19.2. The molecule has 1 aromatic heterocycles. The number of carbonyl (C=O) groups is 2. The molecule has 0 aliphatic rings. The Morgan fingerprint density at radius 2 is 1.77 bits per heavy atom. The van der Waals surface area contributed by atoms with Gasteiger partial charge in [0, 0.05) is 29.3 Å². The van der Waals surface area contributed by atoms with Crippen LogP contribution in [0.15, 0.2) is 24.3 Å². The van der Waals surface area contributed by atoms with E-state index in [1.807, 2.05) is 0 Å². The van der Waals surface area contributed by atoms with Crippen molar-refractivity contribution >= 4 is 22.7 Å². The third-order valence-corrected chi connectivity index (χ3v) is 4.63. The van der Waals surface area contributed by atoms with Crippen LogP contribution < -0.4 is 5.32 Å². The number of hydrogen-bond donors (Lipinski definition) is 3. The minimum absolute atomic E-state index is 0.0100. The van der Waals surface area contributed by atoms with Crippen LogP contribution in [0.3, 0.4) is 0 Å². The Morgan fingerprint density at radius 1 is 1.07 bits per heavy atom. The van der Waals surface area contributed by atoms with E-state index in [1.165, 1.54) is 6.92 Å². The Labute approximate surface area is 167 Å². The fourth-order valence-electron chi connectivity index (χ4n) is 3.21. The number of aliphatic hydroxyl groups is 1. The number of carbonyl (C=O) groups excluding carboxylic acids is 2. The quantitative estimate of drug-likeness (QED) is 0.549. The minimum Gasteiger partial charge on any atom is -0.503 e. The summed E-state index contributed by atoms with van der Waals surface area (Å²) in [6.45, 7) is 0.967. The minimum atomic E-state index is -1.37. The van der Waals surface area contributed by atoms with Gasteiger partial charge in [-0.05, 0) is 30.7 Å². The van der Waals surface area contributed by atoms with Crippen LogP contribution in [0.1, 0.15) is 21.6 Å². The van der Waals surface area contributed by atoms with Crippen LogP contribution in [0.25, 0.3) is 10.9 Å². The first-order chi connectivity index (χ1) is 14.2. The average Bonchev–Trinajstić information content (AvgIpc) is 2.97. The van der Waals surface area contributed by atoms with Gasteiger partial charge in [0.05, 0.1) is 18.5 Å². The van der Waals surface area contributed by atoms with Crippen molar-refractivity contribution in [1.29, 1.82) is 0 Å². The fraction of sp³-hybridized carbons (Fsp3) is 0.200. The molecule has 1 heterocycles. The molecule has 0 saturated carbocycles. The summed E-state index contributed by atoms with van der Waals surface area (Å²) in [5.41, 5.74) is -0.550. The lowest BCUT2D eigenvalue weighted by molar-refractivity contribution is -0.120. The van der Waals surface area contributed by atoms with Crippen LogP contribution in [-0.2, 0) is 11.2 Å². The lowest BCUT2D eigenvalue weighted by Gasteiger charge is -2.08. The van der Waals surface area contributed by atoms with Crippen LogP contribution in [0.5, 0.6) is 5.75 Å². The predicted molar refractivity (Wildman–Crippen MR) is 98.1 cm³/mol. The first kappa shape index (κ1) is 21.3. The van der Waals surface area contributed by atoms with Crippen molar-refractivity contribution in [1.82, 2.24) is 9.88 Å². The highest BCUT2D eigenvalue weighted by Crippen LogP contribution is 2.35. The summed E-state index contributed by atoms with van der Waals surface area (Å²) in [5.74, 6) is -7.98. The van der Waals surface area contributed by atoms with Gasteiger partial charge in [0.25, 0.3) is 5.91 Å². The van der Waals surface area contributed by atoms with E-state index < -0.39 is 47.3 Å². The number of nitrogens with one attached hydrogen (secondary N) is 1. The average molecular weight is 424 g/mol. The van der Waals surface area contributed by atoms with Crippen molar-refractivity contribution in [2.75, 3.05) is 13.2 Å². The maximum atomic E-state index is 14.7. The summed E-state index contributed by atoms with van der Waals surface area (Å²) in [6.07, 6.45) is -0.442. The molecule has 0 fully saturated rings. The van der Waals surface area contributed by atoms with Crippen LogP contribution in [0.4, 0.5) is 17.6 Å². The molecule has 0 spiro atoms. The molecule has 0 unspecified atom stereocenters. The third kappa shape index (κ3) is 3.61. The molecule has 0 bridgehead atoms. The van der Waals surface area contributed by atoms with E-state index in [0.29, 0.717) is 12.1 Å². The van der Waals surface area contributed by atoms with E-state index in [4.69, 9.17) is 5.11 Å². The lowest BCUT2D eigenvalue weighted by Crippen LogP contribution is -2.28. The number of nitrogens with zero attached hydrogens (tertiary/aromatic N) is 1. The Morgan fingerprint density at radius 3 is 2.40 bits per heavy atom. The molecule has 0 saturated heterocycles. The van der Waals surface area contributed by atoms with Gasteiger partial charge in [-0.2, -0.15) is 0 Å². The highest BCUT2D eigenvalue weighted by Gasteiger charge is 2.27. The van der Waals surface area contributed by atoms with E-state index in [-0.39, 0.29) is 40.9 Å². The summed E-state index contributed by atoms with van der Waals surface area (Å²) in [5, 5.41) is 20.5. The zero-order valence-electron chi connectivity index (χ0n) is 15.6. The van der Waals surface area contributed by atoms with Crippen LogP contribution >= 0.6 is 0 Å². The van der Waals surface area contributed by atoms with Crippen LogP contribution in [0.2, 0.25) is 0 Å². The standard InChI is InChI=1S/C20H16F4N2O4/c1-9-11(7-16(28)25-4-5-27)17-15(8-14(23)19(29)18(17)24)26(9)20(30)10-2-3-12(21)13(22)6-10/h2-3,6,8,27,29H,4-5,7H2,1H3,(H,25,28). The van der Waals surface area contributed by atoms with Crippen LogP contribution in [-0.4, -0.2) is 39.7 Å². The largest absolute Gasteiger partial charge is 0.503 e. The molecule has 3 N–H and O–H groups in total. The van der Waals surface area contributed by atoms with E-state index in [2.05, 4.69) is 5.32 Å². The number of fused-ring (bicyclic) bond motifs is 1. The number of aromatic hydroxyl groups is 1. The molecule has 1 amide bonds. The summed E-state index contributed by atoms with van der Waals surface area (Å²) < 4.78 is 56.4. The lowest BCUT2D eigenvalue weighted by atomic mass is 10.1. The molecule has 2 aromatic carbocycles. The molecule has 0 radical (unpaired) electrons. The Hall–Kier alpha value is -3.40. The number of phenols is 1. The zero-order valence-corrected chi connectivity index (χ0v) is 15.6. The number of rotatable bonds is 5. The summed E-state index contributed by atoms with van der Waals surface area (Å²) in [6, 6.07) is 3.10. The molecule has 10 heteroatoms. The van der Waals surface area contributed by atoms with E-state index in [0.717, 1.165) is 16.7 Å². The maximum absolute atomic E-state index is 14.7. The molecule has 0 aliphatic heterocycles. The molecule has 3 rings (SSSR count). The van der Waals surface area contributed by atoms with Gasteiger partial charge in [-0.3, -0.25) is 14.2 Å². The van der Waals surface area contributed by atoms with E-state index in [1.54, 1.807) is 0 Å².